The highest BCUT2D eigenvalue weighted by atomic mass is 16.5. The van der Waals surface area contributed by atoms with Crippen molar-refractivity contribution in [1.29, 1.82) is 0 Å². The molecule has 0 radical (unpaired) electrons. The Balaban J connectivity index is 1.68. The van der Waals surface area contributed by atoms with E-state index in [1.165, 1.54) is 0 Å². The van der Waals surface area contributed by atoms with E-state index in [2.05, 4.69) is 10.6 Å². The number of methoxy groups -OCH3 is 1. The van der Waals surface area contributed by atoms with Crippen molar-refractivity contribution in [2.75, 3.05) is 20.2 Å². The van der Waals surface area contributed by atoms with Crippen LogP contribution in [0.4, 0.5) is 4.79 Å². The van der Waals surface area contributed by atoms with Crippen LogP contribution in [0.5, 0.6) is 5.75 Å². The van der Waals surface area contributed by atoms with E-state index in [1.807, 2.05) is 31.2 Å². The van der Waals surface area contributed by atoms with Crippen LogP contribution in [0.3, 0.4) is 0 Å². The number of carbonyl (C=O) groups is 1. The van der Waals surface area contributed by atoms with Crippen molar-refractivity contribution in [3.8, 4) is 5.75 Å². The minimum absolute atomic E-state index is 0.0711. The summed E-state index contributed by atoms with van der Waals surface area (Å²) in [4.78, 5) is 11.9. The van der Waals surface area contributed by atoms with Crippen molar-refractivity contribution in [2.45, 2.75) is 32.3 Å². The molecule has 0 bridgehead atoms. The molecule has 6 nitrogen and oxygen atoms in total. The third kappa shape index (κ3) is 5.83. The highest BCUT2D eigenvalue weighted by Crippen LogP contribution is 2.21. The zero-order valence-corrected chi connectivity index (χ0v) is 15.0. The standard InChI is InChI=1S/C19H26N2O4/c1-14-9-10-17(25-14)19(2,23)13-21-18(22)20-11-5-7-15-6-4-8-16(12-15)24-3/h4,6,8-10,12,23H,5,7,11,13H2,1-3H3,(H2,20,21,22). The van der Waals surface area contributed by atoms with Crippen LogP contribution in [-0.4, -0.2) is 31.3 Å². The molecule has 2 amide bonds. The number of rotatable bonds is 8. The zero-order chi connectivity index (χ0) is 18.3. The average Bonchev–Trinajstić information content (AvgIpc) is 3.04. The topological polar surface area (TPSA) is 83.7 Å². The van der Waals surface area contributed by atoms with Gasteiger partial charge in [-0.25, -0.2) is 4.79 Å². The molecule has 0 aliphatic carbocycles. The van der Waals surface area contributed by atoms with Gasteiger partial charge in [0.05, 0.1) is 13.7 Å². The van der Waals surface area contributed by atoms with Gasteiger partial charge in [0, 0.05) is 6.54 Å². The fraction of sp³-hybridized carbons (Fsp3) is 0.421. The molecule has 0 aliphatic heterocycles. The summed E-state index contributed by atoms with van der Waals surface area (Å²) in [7, 11) is 1.64. The first-order chi connectivity index (χ1) is 11.9. The van der Waals surface area contributed by atoms with Crippen molar-refractivity contribution in [3.05, 3.63) is 53.5 Å². The minimum atomic E-state index is -1.24. The van der Waals surface area contributed by atoms with E-state index in [0.29, 0.717) is 12.3 Å². The molecule has 3 N–H and O–H groups in total. The van der Waals surface area contributed by atoms with Crippen LogP contribution in [0.15, 0.2) is 40.8 Å². The second kappa shape index (κ2) is 8.58. The van der Waals surface area contributed by atoms with Crippen molar-refractivity contribution in [1.82, 2.24) is 10.6 Å². The number of ether oxygens (including phenoxy) is 1. The van der Waals surface area contributed by atoms with Crippen LogP contribution in [0.1, 0.15) is 30.4 Å². The Bertz CT molecular complexity index is 694. The van der Waals surface area contributed by atoms with E-state index < -0.39 is 5.60 Å². The van der Waals surface area contributed by atoms with Gasteiger partial charge >= 0.3 is 6.03 Å². The summed E-state index contributed by atoms with van der Waals surface area (Å²) in [6.45, 7) is 4.03. The van der Waals surface area contributed by atoms with Gasteiger partial charge in [0.1, 0.15) is 22.9 Å². The third-order valence-corrected chi connectivity index (χ3v) is 3.93. The van der Waals surface area contributed by atoms with Gasteiger partial charge in [0.2, 0.25) is 0 Å². The molecule has 1 aromatic heterocycles. The van der Waals surface area contributed by atoms with E-state index in [4.69, 9.17) is 9.15 Å². The van der Waals surface area contributed by atoms with Crippen molar-refractivity contribution < 1.29 is 19.1 Å². The molecular formula is C19H26N2O4. The van der Waals surface area contributed by atoms with Gasteiger partial charge < -0.3 is 24.9 Å². The molecule has 1 atom stereocenters. The molecule has 25 heavy (non-hydrogen) atoms. The van der Waals surface area contributed by atoms with Gasteiger partial charge in [-0.3, -0.25) is 0 Å². The molecule has 6 heteroatoms. The first-order valence-electron chi connectivity index (χ1n) is 8.34. The van der Waals surface area contributed by atoms with Crippen LogP contribution in [-0.2, 0) is 12.0 Å². The normalized spacial score (nSPS) is 13.1. The number of urea groups is 1. The lowest BCUT2D eigenvalue weighted by molar-refractivity contribution is 0.0360. The molecule has 2 rings (SSSR count). The quantitative estimate of drug-likeness (QED) is 0.642. The number of hydrogen-bond acceptors (Lipinski definition) is 4. The van der Waals surface area contributed by atoms with Crippen LogP contribution < -0.4 is 15.4 Å². The third-order valence-electron chi connectivity index (χ3n) is 3.93. The second-order valence-electron chi connectivity index (χ2n) is 6.25. The average molecular weight is 346 g/mol. The lowest BCUT2D eigenvalue weighted by atomic mass is 10.0. The summed E-state index contributed by atoms with van der Waals surface area (Å²) < 4.78 is 10.6. The Labute approximate surface area is 148 Å². The molecule has 0 fully saturated rings. The summed E-state index contributed by atoms with van der Waals surface area (Å²) in [6, 6.07) is 11.1. The smallest absolute Gasteiger partial charge is 0.314 e. The number of nitrogens with one attached hydrogen (secondary N) is 2. The maximum Gasteiger partial charge on any atom is 0.314 e. The summed E-state index contributed by atoms with van der Waals surface area (Å²) in [6.07, 6.45) is 1.66. The number of furan rings is 1. The maximum atomic E-state index is 11.9. The highest BCUT2D eigenvalue weighted by molar-refractivity contribution is 5.73. The SMILES string of the molecule is COc1cccc(CCCNC(=O)NCC(C)(O)c2ccc(C)o2)c1. The number of aryl methyl sites for hydroxylation is 2. The molecule has 1 heterocycles. The van der Waals surface area contributed by atoms with E-state index in [0.717, 1.165) is 29.9 Å². The van der Waals surface area contributed by atoms with Gasteiger partial charge in [0.25, 0.3) is 0 Å². The van der Waals surface area contributed by atoms with Crippen LogP contribution >= 0.6 is 0 Å². The van der Waals surface area contributed by atoms with Gasteiger partial charge in [-0.15, -0.1) is 0 Å². The van der Waals surface area contributed by atoms with Crippen molar-refractivity contribution >= 4 is 6.03 Å². The Morgan fingerprint density at radius 2 is 2.08 bits per heavy atom. The van der Waals surface area contributed by atoms with E-state index in [-0.39, 0.29) is 12.6 Å². The predicted octanol–water partition coefficient (Wildman–Crippen LogP) is 2.74. The number of hydrogen-bond donors (Lipinski definition) is 3. The molecule has 0 saturated heterocycles. The molecule has 0 spiro atoms. The Morgan fingerprint density at radius 1 is 1.28 bits per heavy atom. The molecule has 0 saturated carbocycles. The number of benzene rings is 1. The summed E-state index contributed by atoms with van der Waals surface area (Å²) in [5, 5.41) is 15.8. The Morgan fingerprint density at radius 3 is 2.76 bits per heavy atom. The fourth-order valence-corrected chi connectivity index (χ4v) is 2.45. The Hall–Kier alpha value is -2.47. The van der Waals surface area contributed by atoms with Gasteiger partial charge in [-0.05, 0) is 56.5 Å². The van der Waals surface area contributed by atoms with Gasteiger partial charge in [-0.2, -0.15) is 0 Å². The first kappa shape index (κ1) is 18.9. The fourth-order valence-electron chi connectivity index (χ4n) is 2.45. The highest BCUT2D eigenvalue weighted by Gasteiger charge is 2.27. The van der Waals surface area contributed by atoms with Crippen LogP contribution in [0.2, 0.25) is 0 Å². The molecule has 1 aromatic carbocycles. The molecule has 0 aliphatic rings. The molecule has 136 valence electrons. The van der Waals surface area contributed by atoms with Crippen molar-refractivity contribution in [3.63, 3.8) is 0 Å². The monoisotopic (exact) mass is 346 g/mol. The maximum absolute atomic E-state index is 11.9. The first-order valence-corrected chi connectivity index (χ1v) is 8.34. The molecule has 2 aromatic rings. The summed E-state index contributed by atoms with van der Waals surface area (Å²) in [5.74, 6) is 1.99. The minimum Gasteiger partial charge on any atom is -0.497 e. The lowest BCUT2D eigenvalue weighted by Crippen LogP contribution is -2.43. The Kier molecular flexibility index (Phi) is 6.47. The van der Waals surface area contributed by atoms with Gasteiger partial charge in [-0.1, -0.05) is 12.1 Å². The zero-order valence-electron chi connectivity index (χ0n) is 15.0. The predicted molar refractivity (Wildman–Crippen MR) is 95.7 cm³/mol. The van der Waals surface area contributed by atoms with Crippen LogP contribution in [0, 0.1) is 6.92 Å². The number of carbonyl (C=O) groups excluding carboxylic acids is 1. The number of amides is 2. The number of aliphatic hydroxyl groups is 1. The van der Waals surface area contributed by atoms with Crippen LogP contribution in [0.25, 0.3) is 0 Å². The second-order valence-corrected chi connectivity index (χ2v) is 6.25. The van der Waals surface area contributed by atoms with E-state index in [9.17, 15) is 9.90 Å². The summed E-state index contributed by atoms with van der Waals surface area (Å²) >= 11 is 0. The van der Waals surface area contributed by atoms with E-state index in [1.54, 1.807) is 26.2 Å². The molecular weight excluding hydrogens is 320 g/mol. The van der Waals surface area contributed by atoms with Crippen molar-refractivity contribution in [2.24, 2.45) is 0 Å². The van der Waals surface area contributed by atoms with E-state index >= 15 is 0 Å². The largest absolute Gasteiger partial charge is 0.497 e. The summed E-state index contributed by atoms with van der Waals surface area (Å²) in [5.41, 5.74) is -0.0793. The molecule has 1 unspecified atom stereocenters. The van der Waals surface area contributed by atoms with Gasteiger partial charge in [0.15, 0.2) is 0 Å². The lowest BCUT2D eigenvalue weighted by Gasteiger charge is -2.21.